The normalized spacial score (nSPS) is 19.2. The van der Waals surface area contributed by atoms with Gasteiger partial charge < -0.3 is 15.4 Å². The molecule has 1 heterocycles. The molecule has 0 saturated carbocycles. The third kappa shape index (κ3) is 2.94. The molecule has 0 spiro atoms. The second kappa shape index (κ2) is 5.68. The van der Waals surface area contributed by atoms with E-state index in [0.29, 0.717) is 17.5 Å². The van der Waals surface area contributed by atoms with Crippen LogP contribution in [0.5, 0.6) is 5.75 Å². The van der Waals surface area contributed by atoms with Crippen molar-refractivity contribution in [2.75, 3.05) is 17.2 Å². The maximum atomic E-state index is 13.8. The first-order valence-corrected chi connectivity index (χ1v) is 7.05. The van der Waals surface area contributed by atoms with Crippen molar-refractivity contribution >= 4 is 11.4 Å². The Kier molecular flexibility index (Phi) is 4.17. The monoisotopic (exact) mass is 266 g/mol. The van der Waals surface area contributed by atoms with Crippen LogP contribution in [0.15, 0.2) is 12.1 Å². The van der Waals surface area contributed by atoms with Crippen LogP contribution in [0, 0.1) is 5.82 Å². The zero-order chi connectivity index (χ0) is 14.0. The van der Waals surface area contributed by atoms with Gasteiger partial charge in [0.2, 0.25) is 0 Å². The zero-order valence-corrected chi connectivity index (χ0v) is 11.9. The quantitative estimate of drug-likeness (QED) is 0.847. The summed E-state index contributed by atoms with van der Waals surface area (Å²) < 4.78 is 19.3. The van der Waals surface area contributed by atoms with Gasteiger partial charge in [-0.05, 0) is 33.1 Å². The molecule has 1 saturated heterocycles. The molecule has 1 atom stereocenters. The van der Waals surface area contributed by atoms with Gasteiger partial charge in [-0.1, -0.05) is 6.92 Å². The lowest BCUT2D eigenvalue weighted by Crippen LogP contribution is -2.29. The van der Waals surface area contributed by atoms with Gasteiger partial charge in [-0.15, -0.1) is 0 Å². The molecule has 19 heavy (non-hydrogen) atoms. The molecule has 1 aromatic rings. The SMILES string of the molecule is CCC1CCCN1c1cc(OC(C)C)c(F)cc1N. The average molecular weight is 266 g/mol. The van der Waals surface area contributed by atoms with Crippen molar-refractivity contribution < 1.29 is 9.13 Å². The molecule has 0 radical (unpaired) electrons. The molecule has 1 aromatic carbocycles. The summed E-state index contributed by atoms with van der Waals surface area (Å²) in [6.45, 7) is 6.93. The summed E-state index contributed by atoms with van der Waals surface area (Å²) in [6.07, 6.45) is 3.37. The Morgan fingerprint density at radius 1 is 1.47 bits per heavy atom. The maximum absolute atomic E-state index is 13.8. The van der Waals surface area contributed by atoms with Crippen molar-refractivity contribution in [1.82, 2.24) is 0 Å². The fourth-order valence-corrected chi connectivity index (χ4v) is 2.73. The van der Waals surface area contributed by atoms with Crippen molar-refractivity contribution in [1.29, 1.82) is 0 Å². The molecule has 0 aromatic heterocycles. The molecule has 0 bridgehead atoms. The highest BCUT2D eigenvalue weighted by Gasteiger charge is 2.25. The number of nitrogens with two attached hydrogens (primary N) is 1. The minimum Gasteiger partial charge on any atom is -0.488 e. The topological polar surface area (TPSA) is 38.5 Å². The largest absolute Gasteiger partial charge is 0.488 e. The Morgan fingerprint density at radius 3 is 2.84 bits per heavy atom. The maximum Gasteiger partial charge on any atom is 0.167 e. The molecule has 2 N–H and O–H groups in total. The number of halogens is 1. The summed E-state index contributed by atoms with van der Waals surface area (Å²) in [5.41, 5.74) is 7.38. The predicted octanol–water partition coefficient (Wildman–Crippen LogP) is 3.57. The highest BCUT2D eigenvalue weighted by Crippen LogP contribution is 2.36. The molecule has 3 nitrogen and oxygen atoms in total. The van der Waals surface area contributed by atoms with E-state index < -0.39 is 0 Å². The Bertz CT molecular complexity index is 448. The average Bonchev–Trinajstić information content (AvgIpc) is 2.80. The molecule has 0 amide bonds. The van der Waals surface area contributed by atoms with Gasteiger partial charge in [-0.2, -0.15) is 0 Å². The van der Waals surface area contributed by atoms with E-state index in [4.69, 9.17) is 10.5 Å². The summed E-state index contributed by atoms with van der Waals surface area (Å²) in [5, 5.41) is 0. The van der Waals surface area contributed by atoms with E-state index >= 15 is 0 Å². The van der Waals surface area contributed by atoms with E-state index in [1.807, 2.05) is 13.8 Å². The highest BCUT2D eigenvalue weighted by atomic mass is 19.1. The molecule has 1 aliphatic heterocycles. The summed E-state index contributed by atoms with van der Waals surface area (Å²) >= 11 is 0. The van der Waals surface area contributed by atoms with Crippen molar-refractivity contribution in [3.05, 3.63) is 17.9 Å². The summed E-state index contributed by atoms with van der Waals surface area (Å²) in [7, 11) is 0. The Morgan fingerprint density at radius 2 is 2.21 bits per heavy atom. The van der Waals surface area contributed by atoms with Crippen molar-refractivity contribution in [2.24, 2.45) is 0 Å². The fourth-order valence-electron chi connectivity index (χ4n) is 2.73. The van der Waals surface area contributed by atoms with E-state index in [1.165, 1.54) is 12.5 Å². The first-order chi connectivity index (χ1) is 9.02. The van der Waals surface area contributed by atoms with E-state index in [-0.39, 0.29) is 11.9 Å². The number of anilines is 2. The summed E-state index contributed by atoms with van der Waals surface area (Å²) in [6, 6.07) is 3.62. The van der Waals surface area contributed by atoms with Crippen LogP contribution in [0.4, 0.5) is 15.8 Å². The van der Waals surface area contributed by atoms with Crippen LogP contribution in [0.3, 0.4) is 0 Å². The Balaban J connectivity index is 2.34. The highest BCUT2D eigenvalue weighted by molar-refractivity contribution is 5.70. The standard InChI is InChI=1S/C15H23FN2O/c1-4-11-6-5-7-18(11)14-9-15(19-10(2)3)12(16)8-13(14)17/h8-11H,4-7,17H2,1-3H3. The number of rotatable bonds is 4. The van der Waals surface area contributed by atoms with Gasteiger partial charge in [0.05, 0.1) is 17.5 Å². The van der Waals surface area contributed by atoms with Crippen molar-refractivity contribution in [3.63, 3.8) is 0 Å². The van der Waals surface area contributed by atoms with Gasteiger partial charge in [0.1, 0.15) is 0 Å². The molecule has 1 unspecified atom stereocenters. The van der Waals surface area contributed by atoms with Crippen LogP contribution in [-0.4, -0.2) is 18.7 Å². The van der Waals surface area contributed by atoms with Crippen LogP contribution in [-0.2, 0) is 0 Å². The third-order valence-corrected chi connectivity index (χ3v) is 3.60. The van der Waals surface area contributed by atoms with Gasteiger partial charge >= 0.3 is 0 Å². The van der Waals surface area contributed by atoms with Crippen LogP contribution < -0.4 is 15.4 Å². The number of nitrogens with zero attached hydrogens (tertiary/aromatic N) is 1. The summed E-state index contributed by atoms with van der Waals surface area (Å²) in [4.78, 5) is 2.28. The van der Waals surface area contributed by atoms with Crippen LogP contribution in [0.1, 0.15) is 40.0 Å². The number of nitrogen functional groups attached to an aromatic ring is 1. The Hall–Kier alpha value is -1.45. The molecule has 0 aliphatic carbocycles. The minimum absolute atomic E-state index is 0.0495. The van der Waals surface area contributed by atoms with Gasteiger partial charge in [0, 0.05) is 24.7 Å². The number of benzene rings is 1. The Labute approximate surface area is 114 Å². The van der Waals surface area contributed by atoms with E-state index in [1.54, 1.807) is 6.07 Å². The van der Waals surface area contributed by atoms with Gasteiger partial charge in [-0.25, -0.2) is 4.39 Å². The molecule has 1 fully saturated rings. The third-order valence-electron chi connectivity index (χ3n) is 3.60. The fraction of sp³-hybridized carbons (Fsp3) is 0.600. The lowest BCUT2D eigenvalue weighted by molar-refractivity contribution is 0.231. The summed E-state index contributed by atoms with van der Waals surface area (Å²) in [5.74, 6) is -0.0943. The van der Waals surface area contributed by atoms with E-state index in [2.05, 4.69) is 11.8 Å². The number of ether oxygens (including phenoxy) is 1. The second-order valence-electron chi connectivity index (χ2n) is 5.41. The predicted molar refractivity (Wildman–Crippen MR) is 77.2 cm³/mol. The smallest absolute Gasteiger partial charge is 0.167 e. The van der Waals surface area contributed by atoms with Gasteiger partial charge in [0.25, 0.3) is 0 Å². The second-order valence-corrected chi connectivity index (χ2v) is 5.41. The molecular formula is C15H23FN2O. The minimum atomic E-state index is -0.387. The van der Waals surface area contributed by atoms with Crippen LogP contribution in [0.2, 0.25) is 0 Å². The first-order valence-electron chi connectivity index (χ1n) is 7.05. The van der Waals surface area contributed by atoms with Gasteiger partial charge in [0.15, 0.2) is 11.6 Å². The van der Waals surface area contributed by atoms with E-state index in [9.17, 15) is 4.39 Å². The van der Waals surface area contributed by atoms with Gasteiger partial charge in [-0.3, -0.25) is 0 Å². The van der Waals surface area contributed by atoms with E-state index in [0.717, 1.165) is 25.1 Å². The zero-order valence-electron chi connectivity index (χ0n) is 11.9. The van der Waals surface area contributed by atoms with Crippen molar-refractivity contribution in [3.8, 4) is 5.75 Å². The van der Waals surface area contributed by atoms with Crippen LogP contribution >= 0.6 is 0 Å². The lowest BCUT2D eigenvalue weighted by Gasteiger charge is -2.28. The molecule has 1 aliphatic rings. The van der Waals surface area contributed by atoms with Crippen molar-refractivity contribution in [2.45, 2.75) is 52.2 Å². The molecule has 4 heteroatoms. The lowest BCUT2D eigenvalue weighted by atomic mass is 10.1. The number of hydrogen-bond donors (Lipinski definition) is 1. The first kappa shape index (κ1) is 14.0. The number of hydrogen-bond acceptors (Lipinski definition) is 3. The molecular weight excluding hydrogens is 243 g/mol. The molecule has 106 valence electrons. The van der Waals surface area contributed by atoms with Crippen LogP contribution in [0.25, 0.3) is 0 Å². The molecule has 2 rings (SSSR count).